The highest BCUT2D eigenvalue weighted by Gasteiger charge is 2.33. The van der Waals surface area contributed by atoms with Gasteiger partial charge in [-0.25, -0.2) is 4.79 Å². The number of urea groups is 1. The fourth-order valence-corrected chi connectivity index (χ4v) is 1.95. The molecule has 1 fully saturated rings. The Balaban J connectivity index is 2.28. The number of carbonyl (C=O) groups is 3. The van der Waals surface area contributed by atoms with Crippen LogP contribution >= 0.6 is 0 Å². The van der Waals surface area contributed by atoms with Crippen LogP contribution in [0.2, 0.25) is 0 Å². The predicted octanol–water partition coefficient (Wildman–Crippen LogP) is -0.654. The van der Waals surface area contributed by atoms with Gasteiger partial charge in [-0.15, -0.1) is 0 Å². The lowest BCUT2D eigenvalue weighted by Gasteiger charge is -2.11. The first-order valence-corrected chi connectivity index (χ1v) is 6.22. The second-order valence-corrected chi connectivity index (χ2v) is 4.37. The molecule has 22 heavy (non-hydrogen) atoms. The van der Waals surface area contributed by atoms with Crippen LogP contribution in [0, 0.1) is 0 Å². The number of carbonyl (C=O) groups excluding carboxylic acids is 3. The Hall–Kier alpha value is -3.03. The van der Waals surface area contributed by atoms with E-state index in [0.717, 1.165) is 0 Å². The van der Waals surface area contributed by atoms with Crippen molar-refractivity contribution in [2.45, 2.75) is 0 Å². The lowest BCUT2D eigenvalue weighted by molar-refractivity contribution is -0.305. The smallest absolute Gasteiger partial charge is 0.329 e. The van der Waals surface area contributed by atoms with Gasteiger partial charge >= 0.3 is 6.03 Å². The summed E-state index contributed by atoms with van der Waals surface area (Å²) in [6, 6.07) is 4.12. The predicted molar refractivity (Wildman–Crippen MR) is 72.8 cm³/mol. The van der Waals surface area contributed by atoms with E-state index in [2.05, 4.69) is 5.32 Å². The number of hydrogen-bond acceptors (Lipinski definition) is 6. The zero-order chi connectivity index (χ0) is 16.3. The molecule has 116 valence electrons. The maximum absolute atomic E-state index is 12.0. The number of rotatable bonds is 5. The van der Waals surface area contributed by atoms with Crippen LogP contribution < -0.4 is 19.9 Å². The van der Waals surface area contributed by atoms with Crippen LogP contribution in [0.3, 0.4) is 0 Å². The van der Waals surface area contributed by atoms with E-state index in [9.17, 15) is 19.5 Å². The van der Waals surface area contributed by atoms with Gasteiger partial charge in [0.2, 0.25) is 0 Å². The molecule has 1 aliphatic rings. The van der Waals surface area contributed by atoms with Crippen LogP contribution in [0.4, 0.5) is 4.79 Å². The van der Waals surface area contributed by atoms with Crippen LogP contribution in [0.25, 0.3) is 6.08 Å². The SMILES string of the molecule is COc1ccc(/C=C2/NC(=O)N(CC(=O)[O-])C2=O)cc1OC. The van der Waals surface area contributed by atoms with E-state index in [1.165, 1.54) is 20.3 Å². The molecule has 2 rings (SSSR count). The molecule has 0 saturated carbocycles. The van der Waals surface area contributed by atoms with Gasteiger partial charge < -0.3 is 24.7 Å². The summed E-state index contributed by atoms with van der Waals surface area (Å²) in [6.45, 7) is -0.798. The maximum atomic E-state index is 12.0. The van der Waals surface area contributed by atoms with Crippen molar-refractivity contribution in [3.8, 4) is 11.5 Å². The molecule has 0 aromatic heterocycles. The van der Waals surface area contributed by atoms with Crippen molar-refractivity contribution in [1.82, 2.24) is 10.2 Å². The van der Waals surface area contributed by atoms with Crippen molar-refractivity contribution in [3.63, 3.8) is 0 Å². The number of nitrogens with one attached hydrogen (secondary N) is 1. The van der Waals surface area contributed by atoms with Gasteiger partial charge in [-0.1, -0.05) is 6.07 Å². The fourth-order valence-electron chi connectivity index (χ4n) is 1.95. The molecule has 1 heterocycles. The van der Waals surface area contributed by atoms with Gasteiger partial charge in [0.15, 0.2) is 11.5 Å². The summed E-state index contributed by atoms with van der Waals surface area (Å²) in [4.78, 5) is 34.6. The van der Waals surface area contributed by atoms with Gasteiger partial charge in [-0.2, -0.15) is 0 Å². The summed E-state index contributed by atoms with van der Waals surface area (Å²) >= 11 is 0. The summed E-state index contributed by atoms with van der Waals surface area (Å²) in [5.74, 6) is -1.27. The largest absolute Gasteiger partial charge is 0.548 e. The summed E-state index contributed by atoms with van der Waals surface area (Å²) in [7, 11) is 2.97. The minimum absolute atomic E-state index is 0.0292. The Bertz CT molecular complexity index is 667. The van der Waals surface area contributed by atoms with E-state index in [0.29, 0.717) is 22.0 Å². The number of ether oxygens (including phenoxy) is 2. The molecule has 1 N–H and O–H groups in total. The number of benzene rings is 1. The Morgan fingerprint density at radius 1 is 1.27 bits per heavy atom. The van der Waals surface area contributed by atoms with Gasteiger partial charge in [0.1, 0.15) is 5.70 Å². The van der Waals surface area contributed by atoms with Crippen LogP contribution in [-0.4, -0.2) is 43.6 Å². The van der Waals surface area contributed by atoms with Crippen molar-refractivity contribution in [2.75, 3.05) is 20.8 Å². The van der Waals surface area contributed by atoms with E-state index in [4.69, 9.17) is 9.47 Å². The maximum Gasteiger partial charge on any atom is 0.329 e. The molecule has 0 radical (unpaired) electrons. The van der Waals surface area contributed by atoms with Crippen molar-refractivity contribution in [1.29, 1.82) is 0 Å². The third-order valence-corrected chi connectivity index (χ3v) is 2.97. The average molecular weight is 305 g/mol. The lowest BCUT2D eigenvalue weighted by Crippen LogP contribution is -2.41. The number of carboxylic acids is 1. The van der Waals surface area contributed by atoms with Gasteiger partial charge in [0, 0.05) is 0 Å². The molecule has 8 heteroatoms. The molecular formula is C14H13N2O6-. The number of imide groups is 1. The topological polar surface area (TPSA) is 108 Å². The first-order valence-electron chi connectivity index (χ1n) is 6.22. The third kappa shape index (κ3) is 3.00. The molecule has 0 spiro atoms. The minimum atomic E-state index is -1.52. The van der Waals surface area contributed by atoms with Crippen molar-refractivity contribution >= 4 is 24.0 Å². The van der Waals surface area contributed by atoms with Crippen molar-refractivity contribution < 1.29 is 29.0 Å². The Morgan fingerprint density at radius 2 is 1.95 bits per heavy atom. The summed E-state index contributed by atoms with van der Waals surface area (Å²) in [5.41, 5.74) is 0.551. The van der Waals surface area contributed by atoms with Gasteiger partial charge in [-0.3, -0.25) is 9.69 Å². The molecule has 0 aliphatic carbocycles. The van der Waals surface area contributed by atoms with E-state index >= 15 is 0 Å². The monoisotopic (exact) mass is 305 g/mol. The molecule has 8 nitrogen and oxygen atoms in total. The molecule has 1 aliphatic heterocycles. The second-order valence-electron chi connectivity index (χ2n) is 4.37. The number of amides is 3. The van der Waals surface area contributed by atoms with E-state index < -0.39 is 24.5 Å². The second kappa shape index (κ2) is 6.17. The molecule has 1 saturated heterocycles. The van der Waals surface area contributed by atoms with Crippen molar-refractivity contribution in [2.24, 2.45) is 0 Å². The van der Waals surface area contributed by atoms with Crippen LogP contribution in [-0.2, 0) is 9.59 Å². The fraction of sp³-hybridized carbons (Fsp3) is 0.214. The van der Waals surface area contributed by atoms with Crippen LogP contribution in [0.5, 0.6) is 11.5 Å². The van der Waals surface area contributed by atoms with Crippen LogP contribution in [0.1, 0.15) is 5.56 Å². The van der Waals surface area contributed by atoms with E-state index in [-0.39, 0.29) is 5.70 Å². The zero-order valence-corrected chi connectivity index (χ0v) is 11.9. The normalized spacial score (nSPS) is 15.9. The standard InChI is InChI=1S/C14H14N2O6/c1-21-10-4-3-8(6-11(10)22-2)5-9-13(19)16(7-12(17)18)14(20)15-9/h3-6H,7H2,1-2H3,(H,15,20)(H,17,18)/p-1/b9-5+. The Morgan fingerprint density at radius 3 is 2.55 bits per heavy atom. The van der Waals surface area contributed by atoms with Gasteiger partial charge in [0.25, 0.3) is 5.91 Å². The third-order valence-electron chi connectivity index (χ3n) is 2.97. The molecule has 3 amide bonds. The molecule has 0 atom stereocenters. The highest BCUT2D eigenvalue weighted by atomic mass is 16.5. The highest BCUT2D eigenvalue weighted by molar-refractivity contribution is 6.15. The minimum Gasteiger partial charge on any atom is -0.548 e. The molecular weight excluding hydrogens is 292 g/mol. The number of nitrogens with zero attached hydrogens (tertiary/aromatic N) is 1. The Kier molecular flexibility index (Phi) is 4.31. The average Bonchev–Trinajstić information content (AvgIpc) is 2.74. The first kappa shape index (κ1) is 15.4. The number of aliphatic carboxylic acids is 1. The number of carboxylic acid groups (broad SMARTS) is 1. The number of methoxy groups -OCH3 is 2. The molecule has 0 bridgehead atoms. The van der Waals surface area contributed by atoms with Gasteiger partial charge in [-0.05, 0) is 23.8 Å². The molecule has 1 aromatic rings. The lowest BCUT2D eigenvalue weighted by atomic mass is 10.1. The summed E-state index contributed by atoms with van der Waals surface area (Å²) < 4.78 is 10.2. The molecule has 1 aromatic carbocycles. The summed E-state index contributed by atoms with van der Waals surface area (Å²) in [6.07, 6.45) is 1.41. The highest BCUT2D eigenvalue weighted by Crippen LogP contribution is 2.28. The Labute approximate surface area is 125 Å². The zero-order valence-electron chi connectivity index (χ0n) is 11.9. The van der Waals surface area contributed by atoms with E-state index in [1.807, 2.05) is 0 Å². The number of hydrogen-bond donors (Lipinski definition) is 1. The molecule has 0 unspecified atom stereocenters. The van der Waals surface area contributed by atoms with Gasteiger partial charge in [0.05, 0.1) is 26.7 Å². The summed E-state index contributed by atoms with van der Waals surface area (Å²) in [5, 5.41) is 12.8. The quantitative estimate of drug-likeness (QED) is 0.572. The first-order chi connectivity index (χ1) is 10.5. The van der Waals surface area contributed by atoms with E-state index in [1.54, 1.807) is 18.2 Å². The van der Waals surface area contributed by atoms with Crippen molar-refractivity contribution in [3.05, 3.63) is 29.5 Å². The van der Waals surface area contributed by atoms with Crippen LogP contribution in [0.15, 0.2) is 23.9 Å².